The molecular weight excluding hydrogens is 1610 g/mol. The van der Waals surface area contributed by atoms with E-state index in [9.17, 15) is 94.6 Å². The van der Waals surface area contributed by atoms with Crippen molar-refractivity contribution in [2.24, 2.45) is 29.1 Å². The molecule has 12 atom stereocenters. The average molecular weight is 1700 g/mol. The van der Waals surface area contributed by atoms with Gasteiger partial charge in [-0.1, -0.05) is 86.7 Å². The maximum atomic E-state index is 14.4. The van der Waals surface area contributed by atoms with E-state index in [0.717, 1.165) is 56.1 Å². The maximum absolute atomic E-state index is 14.4. The van der Waals surface area contributed by atoms with Crippen molar-refractivity contribution in [2.45, 2.75) is 193 Å². The third-order valence-electron chi connectivity index (χ3n) is 23.0. The van der Waals surface area contributed by atoms with Crippen LogP contribution in [0.3, 0.4) is 0 Å². The number of thiazole rings is 1. The molecule has 3 fully saturated rings. The number of pyridine rings is 1. The van der Waals surface area contributed by atoms with Crippen LogP contribution >= 0.6 is 11.3 Å². The van der Waals surface area contributed by atoms with Crippen molar-refractivity contribution in [1.82, 2.24) is 49.9 Å². The molecular formula is C81H98N12O23S3. The highest BCUT2D eigenvalue weighted by Crippen LogP contribution is 2.56. The highest BCUT2D eigenvalue weighted by Gasteiger charge is 2.52. The molecule has 12 rings (SSSR count). The second-order valence-corrected chi connectivity index (χ2v) is 36.7. The summed E-state index contributed by atoms with van der Waals surface area (Å²) in [6, 6.07) is 18.9. The smallest absolute Gasteiger partial charge is 0.410 e. The molecule has 2 bridgehead atoms. The number of ketones is 2. The highest BCUT2D eigenvalue weighted by molar-refractivity contribution is 7.86. The first-order valence-electron chi connectivity index (χ1n) is 39.4. The molecule has 0 spiro atoms. The lowest BCUT2D eigenvalue weighted by Gasteiger charge is -2.55. The van der Waals surface area contributed by atoms with E-state index in [-0.39, 0.29) is 79.9 Å². The molecule has 5 amide bonds. The molecule has 35 nitrogen and oxygen atoms in total. The third-order valence-corrected chi connectivity index (χ3v) is 25.5. The molecule has 7 heterocycles. The number of nitrogens with zero attached hydrogens (tertiary/aromatic N) is 10. The first kappa shape index (κ1) is 88.1. The zero-order valence-electron chi connectivity index (χ0n) is 66.5. The summed E-state index contributed by atoms with van der Waals surface area (Å²) in [5.41, 5.74) is 4.66. The van der Waals surface area contributed by atoms with Crippen LogP contribution in [-0.2, 0) is 109 Å². The van der Waals surface area contributed by atoms with Gasteiger partial charge in [0.25, 0.3) is 38.0 Å². The monoisotopic (exact) mass is 1700 g/mol. The minimum atomic E-state index is -4.65. The Balaban J connectivity index is 0.700. The number of aliphatic carboxylic acids is 1. The van der Waals surface area contributed by atoms with E-state index in [2.05, 4.69) is 39.8 Å². The molecule has 1 saturated heterocycles. The van der Waals surface area contributed by atoms with E-state index in [1.165, 1.54) is 35.2 Å². The Morgan fingerprint density at radius 1 is 0.832 bits per heavy atom. The molecule has 5 aliphatic rings. The number of amides is 5. The van der Waals surface area contributed by atoms with E-state index in [1.807, 2.05) is 52.9 Å². The second-order valence-electron chi connectivity index (χ2n) is 32.5. The SMILES string of the molecule is Cc1c(-c2ccc(N3CCc4cccc(C(=O)Nc5nc6ccccc6s5)c4C3)nc2C(=O)O)cnn1CC1CC2(C)CC(C)CC(OCCN(CCS(=O)(=O)O)C(=O)OCc3ccc(CC(=O)[C@H](C)NC(=O)[C@@H](CC(=O)C[C@@H](c4cn(CCCS(=O)(=O)O)nn4)N4C(=O)C=CC4=O)C(C)C)cc3CC[C@@H]3O[C@H](C(=O)O)[C@@H](O)[C@H](O)[C@H]3O)(C1)C2. The molecule has 3 aliphatic heterocycles. The van der Waals surface area contributed by atoms with Gasteiger partial charge < -0.3 is 54.9 Å². The number of hydrogen-bond acceptors (Lipinski definition) is 26. The maximum Gasteiger partial charge on any atom is 0.410 e. The number of carboxylic acids is 2. The summed E-state index contributed by atoms with van der Waals surface area (Å²) in [4.78, 5) is 135. The largest absolute Gasteiger partial charge is 0.479 e. The fraction of sp³-hybridized carbons (Fsp3) is 0.506. The van der Waals surface area contributed by atoms with Crippen molar-refractivity contribution in [3.05, 3.63) is 148 Å². The van der Waals surface area contributed by atoms with Gasteiger partial charge in [-0.25, -0.2) is 24.4 Å². The Labute approximate surface area is 690 Å². The Morgan fingerprint density at radius 3 is 2.29 bits per heavy atom. The summed E-state index contributed by atoms with van der Waals surface area (Å²) in [6.07, 6.45) is -2.44. The molecule has 2 aliphatic carbocycles. The Hall–Kier alpha value is -10.2. The van der Waals surface area contributed by atoms with Crippen LogP contribution in [0.4, 0.5) is 15.7 Å². The van der Waals surface area contributed by atoms with Gasteiger partial charge in [-0.05, 0) is 153 Å². The predicted molar refractivity (Wildman–Crippen MR) is 429 cm³/mol. The minimum Gasteiger partial charge on any atom is -0.479 e. The fourth-order valence-corrected chi connectivity index (χ4v) is 19.3. The number of ether oxygens (including phenoxy) is 3. The van der Waals surface area contributed by atoms with Crippen molar-refractivity contribution in [1.29, 1.82) is 0 Å². The zero-order chi connectivity index (χ0) is 85.7. The average Bonchev–Trinajstić information content (AvgIpc) is 1.53. The number of aryl methyl sites for hydroxylation is 2. The van der Waals surface area contributed by atoms with E-state index in [4.69, 9.17) is 24.3 Å². The number of nitrogens with one attached hydrogen (secondary N) is 2. The Morgan fingerprint density at radius 2 is 1.58 bits per heavy atom. The predicted octanol–water partition coefficient (Wildman–Crippen LogP) is 6.54. The van der Waals surface area contributed by atoms with Gasteiger partial charge in [0.1, 0.15) is 42.2 Å². The Bertz CT molecular complexity index is 5250. The van der Waals surface area contributed by atoms with E-state index in [0.29, 0.717) is 95.3 Å². The van der Waals surface area contributed by atoms with Crippen molar-refractivity contribution in [3.63, 3.8) is 0 Å². The van der Waals surface area contributed by atoms with Crippen LogP contribution < -0.4 is 15.5 Å². The van der Waals surface area contributed by atoms with Crippen LogP contribution in [0.25, 0.3) is 21.3 Å². The molecule has 2 saturated carbocycles. The number of rotatable bonds is 36. The molecule has 3 aromatic carbocycles. The van der Waals surface area contributed by atoms with Gasteiger partial charge in [0, 0.05) is 99.0 Å². The number of fused-ring (bicyclic) bond motifs is 4. The van der Waals surface area contributed by atoms with Crippen LogP contribution in [0.1, 0.15) is 158 Å². The van der Waals surface area contributed by atoms with Gasteiger partial charge in [-0.3, -0.25) is 57.5 Å². The van der Waals surface area contributed by atoms with E-state index < -0.39 is 165 Å². The number of aliphatic hydroxyl groups is 3. The number of carbonyl (C=O) groups is 9. The summed E-state index contributed by atoms with van der Waals surface area (Å²) < 4.78 is 88.9. The Kier molecular flexibility index (Phi) is 27.3. The van der Waals surface area contributed by atoms with Gasteiger partial charge in [-0.15, -0.1) is 5.10 Å². The number of para-hydroxylation sites is 1. The molecule has 638 valence electrons. The van der Waals surface area contributed by atoms with Gasteiger partial charge in [0.2, 0.25) is 5.91 Å². The van der Waals surface area contributed by atoms with Crippen LogP contribution in [0.5, 0.6) is 0 Å². The van der Waals surface area contributed by atoms with E-state index in [1.54, 1.807) is 50.4 Å². The number of imide groups is 1. The quantitative estimate of drug-likeness (QED) is 0.0149. The van der Waals surface area contributed by atoms with Crippen LogP contribution in [-0.4, -0.2) is 229 Å². The van der Waals surface area contributed by atoms with Crippen molar-refractivity contribution in [3.8, 4) is 11.1 Å². The summed E-state index contributed by atoms with van der Waals surface area (Å²) in [6.45, 7) is 10.9. The molecule has 38 heteroatoms. The summed E-state index contributed by atoms with van der Waals surface area (Å²) >= 11 is 1.38. The highest BCUT2D eigenvalue weighted by atomic mass is 32.2. The number of anilines is 2. The fourth-order valence-electron chi connectivity index (χ4n) is 17.5. The lowest BCUT2D eigenvalue weighted by Crippen LogP contribution is -2.59. The van der Waals surface area contributed by atoms with Gasteiger partial charge in [-0.2, -0.15) is 21.9 Å². The first-order chi connectivity index (χ1) is 56.3. The minimum absolute atomic E-state index is 0.00890. The van der Waals surface area contributed by atoms with Gasteiger partial charge in [0.15, 0.2) is 22.7 Å². The van der Waals surface area contributed by atoms with Gasteiger partial charge in [0.05, 0.1) is 64.5 Å². The first-order valence-corrected chi connectivity index (χ1v) is 43.4. The third kappa shape index (κ3) is 21.5. The lowest BCUT2D eigenvalue weighted by atomic mass is 9.55. The number of aromatic nitrogens is 7. The van der Waals surface area contributed by atoms with Crippen LogP contribution in [0, 0.1) is 36.0 Å². The van der Waals surface area contributed by atoms with Crippen LogP contribution in [0.15, 0.2) is 97.3 Å². The topological polar surface area (TPSA) is 499 Å². The summed E-state index contributed by atoms with van der Waals surface area (Å²) in [7, 11) is -8.95. The molecule has 119 heavy (non-hydrogen) atoms. The van der Waals surface area contributed by atoms with Gasteiger partial charge >= 0.3 is 18.0 Å². The molecule has 9 N–H and O–H groups in total. The summed E-state index contributed by atoms with van der Waals surface area (Å²) in [5.74, 6) is -8.78. The number of hydrogen-bond donors (Lipinski definition) is 9. The van der Waals surface area contributed by atoms with E-state index >= 15 is 0 Å². The van der Waals surface area contributed by atoms with Crippen molar-refractivity contribution in [2.75, 3.05) is 48.0 Å². The number of benzene rings is 3. The number of carboxylic acid groups (broad SMARTS) is 2. The lowest BCUT2D eigenvalue weighted by molar-refractivity contribution is -0.228. The van der Waals surface area contributed by atoms with Crippen LogP contribution in [0.2, 0.25) is 0 Å². The molecule has 7 aromatic rings. The number of aliphatic hydroxyl groups excluding tert-OH is 3. The standard InChI is InChI=1S/C81H98N12O23S3/c1-45(2)57(33-54(94)34-62(93-67(96)21-22-68(93)97)61-42-91(88-87-61)24-10-29-118(108,109)110)75(102)83-47(4)63(95)32-49-15-16-53(52(31-49)17-19-64-70(98)71(99)72(100)73(116-64)77(105)106)43-114-79(107)89(27-30-119(111,112)113)26-28-115-81-36-46(3)35-80(6,44-81)37-50(38-81)40-92-48(5)58(39-82-92)55-18-20-66(85-69(55)76(103)104)90-25-23-51-11-9-12-56(59(51)41-90)74(101)86-78-84-60-13-7-8-14-65(60)117-78/h7-9,11-16,18,20-22,31,39,42,45-47,50,57,62,64,70-73,98-100H,10,17,19,23-30,32-38,40-41,43-44H2,1-6H3,(H,83,102)(H,103,104)(H,105,106)(H,84,86,101)(H,108,109,110)(H,111,112,113)/t46?,47-,50?,57-,62-,64-,70-,71+,72-,73-,80?,81?/m0/s1. The number of Topliss-reactive ketones (excluding diaryl/α,β-unsaturated/α-hetero) is 2. The summed E-state index contributed by atoms with van der Waals surface area (Å²) in [5, 5.41) is 71.8. The molecule has 4 unspecified atom stereocenters. The number of carbonyl (C=O) groups excluding carboxylic acids is 7. The van der Waals surface area contributed by atoms with Crippen molar-refractivity contribution < 1.29 is 109 Å². The number of aromatic carboxylic acids is 1. The zero-order valence-corrected chi connectivity index (χ0v) is 69.0. The van der Waals surface area contributed by atoms with Crippen molar-refractivity contribution >= 4 is 106 Å². The molecule has 0 radical (unpaired) electrons. The second kappa shape index (κ2) is 36.8. The molecule has 4 aromatic heterocycles. The normalized spacial score (nSPS) is 22.6.